The fourth-order valence-electron chi connectivity index (χ4n) is 3.31. The van der Waals surface area contributed by atoms with Crippen molar-refractivity contribution < 1.29 is 9.32 Å². The molecule has 1 atom stereocenters. The van der Waals surface area contributed by atoms with Gasteiger partial charge in [-0.1, -0.05) is 19.0 Å². The third kappa shape index (κ3) is 2.59. The van der Waals surface area contributed by atoms with Crippen LogP contribution in [-0.4, -0.2) is 42.1 Å². The standard InChI is InChI=1S/C17H20N6O3/c1-9(2)14-7-12(21-26-14)13-5-4-6-22(13)15(24)11-8-18-17-19-10(3)20-23(17)16(11)25/h7-9,13H,4-6H2,1-3H3,(H,18,19,20)/t13-/m0/s1. The Morgan fingerprint density at radius 3 is 2.96 bits per heavy atom. The van der Waals surface area contributed by atoms with Gasteiger partial charge >= 0.3 is 0 Å². The van der Waals surface area contributed by atoms with Crippen molar-refractivity contribution in [2.75, 3.05) is 6.54 Å². The highest BCUT2D eigenvalue weighted by molar-refractivity contribution is 5.94. The molecule has 0 bridgehead atoms. The molecule has 136 valence electrons. The Bertz CT molecular complexity index is 1030. The number of rotatable bonds is 3. The maximum atomic E-state index is 13.0. The minimum absolute atomic E-state index is 0.0191. The average molecular weight is 356 g/mol. The van der Waals surface area contributed by atoms with Crippen molar-refractivity contribution in [3.8, 4) is 0 Å². The molecule has 1 amide bonds. The summed E-state index contributed by atoms with van der Waals surface area (Å²) in [6, 6.07) is 1.70. The normalized spacial score (nSPS) is 17.5. The molecular weight excluding hydrogens is 336 g/mol. The van der Waals surface area contributed by atoms with Gasteiger partial charge < -0.3 is 9.42 Å². The van der Waals surface area contributed by atoms with Crippen molar-refractivity contribution in [2.45, 2.75) is 45.6 Å². The summed E-state index contributed by atoms with van der Waals surface area (Å²) in [5.74, 6) is 1.47. The molecule has 3 aromatic rings. The Balaban J connectivity index is 1.68. The minimum atomic E-state index is -0.450. The molecule has 0 aromatic carbocycles. The first-order valence-corrected chi connectivity index (χ1v) is 8.67. The smallest absolute Gasteiger partial charge is 0.286 e. The van der Waals surface area contributed by atoms with Crippen LogP contribution < -0.4 is 5.56 Å². The van der Waals surface area contributed by atoms with Crippen LogP contribution in [-0.2, 0) is 0 Å². The number of H-pyrrole nitrogens is 1. The lowest BCUT2D eigenvalue weighted by atomic mass is 10.1. The van der Waals surface area contributed by atoms with Crippen LogP contribution in [0.1, 0.15) is 66.3 Å². The molecule has 0 spiro atoms. The van der Waals surface area contributed by atoms with Gasteiger partial charge in [-0.05, 0) is 19.8 Å². The van der Waals surface area contributed by atoms with E-state index in [-0.39, 0.29) is 29.2 Å². The van der Waals surface area contributed by atoms with Gasteiger partial charge in [-0.3, -0.25) is 14.7 Å². The second kappa shape index (κ2) is 6.08. The molecule has 4 heterocycles. The van der Waals surface area contributed by atoms with E-state index in [1.165, 1.54) is 10.7 Å². The van der Waals surface area contributed by atoms with Crippen LogP contribution in [0.25, 0.3) is 5.78 Å². The molecule has 0 radical (unpaired) electrons. The number of hydrogen-bond donors (Lipinski definition) is 1. The predicted molar refractivity (Wildman–Crippen MR) is 91.9 cm³/mol. The molecule has 0 saturated carbocycles. The molecule has 3 aromatic heterocycles. The van der Waals surface area contributed by atoms with Gasteiger partial charge in [0, 0.05) is 24.7 Å². The minimum Gasteiger partial charge on any atom is -0.361 e. The number of aryl methyl sites for hydroxylation is 1. The fourth-order valence-corrected chi connectivity index (χ4v) is 3.31. The number of nitrogens with one attached hydrogen (secondary N) is 1. The Kier molecular flexibility index (Phi) is 3.86. The first-order valence-electron chi connectivity index (χ1n) is 8.67. The van der Waals surface area contributed by atoms with Crippen LogP contribution in [0.15, 0.2) is 21.6 Å². The molecule has 0 unspecified atom stereocenters. The number of carbonyl (C=O) groups is 1. The first-order chi connectivity index (χ1) is 12.5. The largest absolute Gasteiger partial charge is 0.361 e. The summed E-state index contributed by atoms with van der Waals surface area (Å²) in [5, 5.41) is 6.94. The summed E-state index contributed by atoms with van der Waals surface area (Å²) in [5.41, 5.74) is 0.297. The van der Waals surface area contributed by atoms with Gasteiger partial charge in [-0.2, -0.15) is 9.50 Å². The van der Waals surface area contributed by atoms with Crippen LogP contribution >= 0.6 is 0 Å². The van der Waals surface area contributed by atoms with Crippen LogP contribution in [0.2, 0.25) is 0 Å². The van der Waals surface area contributed by atoms with Crippen LogP contribution in [0.4, 0.5) is 0 Å². The molecule has 9 nitrogen and oxygen atoms in total. The lowest BCUT2D eigenvalue weighted by Crippen LogP contribution is -2.35. The lowest BCUT2D eigenvalue weighted by Gasteiger charge is -2.22. The lowest BCUT2D eigenvalue weighted by molar-refractivity contribution is 0.0728. The van der Waals surface area contributed by atoms with Crippen molar-refractivity contribution >= 4 is 11.7 Å². The topological polar surface area (TPSA) is 109 Å². The van der Waals surface area contributed by atoms with Crippen molar-refractivity contribution in [2.24, 2.45) is 0 Å². The first kappa shape index (κ1) is 16.5. The number of aromatic nitrogens is 5. The number of nitrogens with zero attached hydrogens (tertiary/aromatic N) is 5. The van der Waals surface area contributed by atoms with E-state index in [1.54, 1.807) is 11.8 Å². The molecule has 4 rings (SSSR count). The Morgan fingerprint density at radius 2 is 2.23 bits per heavy atom. The highest BCUT2D eigenvalue weighted by Gasteiger charge is 2.34. The highest BCUT2D eigenvalue weighted by Crippen LogP contribution is 2.33. The van der Waals surface area contributed by atoms with E-state index in [0.29, 0.717) is 12.4 Å². The van der Waals surface area contributed by atoms with Crippen LogP contribution in [0, 0.1) is 6.92 Å². The molecule has 1 saturated heterocycles. The van der Waals surface area contributed by atoms with Gasteiger partial charge in [0.15, 0.2) is 0 Å². The molecular formula is C17H20N6O3. The van der Waals surface area contributed by atoms with Crippen LogP contribution in [0.3, 0.4) is 0 Å². The van der Waals surface area contributed by atoms with E-state index in [1.807, 2.05) is 19.9 Å². The van der Waals surface area contributed by atoms with E-state index >= 15 is 0 Å². The van der Waals surface area contributed by atoms with Gasteiger partial charge in [-0.15, -0.1) is 0 Å². The highest BCUT2D eigenvalue weighted by atomic mass is 16.5. The fraction of sp³-hybridized carbons (Fsp3) is 0.471. The van der Waals surface area contributed by atoms with Gasteiger partial charge in [-0.25, -0.2) is 4.98 Å². The second-order valence-electron chi connectivity index (χ2n) is 6.89. The number of amides is 1. The van der Waals surface area contributed by atoms with Gasteiger partial charge in [0.1, 0.15) is 22.8 Å². The zero-order valence-corrected chi connectivity index (χ0v) is 14.9. The maximum Gasteiger partial charge on any atom is 0.286 e. The summed E-state index contributed by atoms with van der Waals surface area (Å²) in [4.78, 5) is 35.6. The summed E-state index contributed by atoms with van der Waals surface area (Å²) in [6.45, 7) is 6.34. The SMILES string of the molecule is Cc1nc2ncc(C(=O)N3CCC[C@H]3c3cc(C(C)C)on3)c(=O)n2[nH]1. The van der Waals surface area contributed by atoms with Gasteiger partial charge in [0.05, 0.1) is 6.04 Å². The van der Waals surface area contributed by atoms with Crippen LogP contribution in [0.5, 0.6) is 0 Å². The number of hydrogen-bond acceptors (Lipinski definition) is 6. The van der Waals surface area contributed by atoms with E-state index in [9.17, 15) is 9.59 Å². The summed E-state index contributed by atoms with van der Waals surface area (Å²) in [7, 11) is 0. The summed E-state index contributed by atoms with van der Waals surface area (Å²) in [6.07, 6.45) is 2.94. The average Bonchev–Trinajstić information content (AvgIpc) is 3.32. The van der Waals surface area contributed by atoms with E-state index in [4.69, 9.17) is 4.52 Å². The molecule has 1 aliphatic heterocycles. The second-order valence-corrected chi connectivity index (χ2v) is 6.89. The summed E-state index contributed by atoms with van der Waals surface area (Å²) < 4.78 is 6.57. The monoisotopic (exact) mass is 356 g/mol. The van der Waals surface area contributed by atoms with Gasteiger partial charge in [0.25, 0.3) is 17.2 Å². The third-order valence-electron chi connectivity index (χ3n) is 4.69. The quantitative estimate of drug-likeness (QED) is 0.766. The number of likely N-dealkylation sites (tertiary alicyclic amines) is 1. The zero-order valence-electron chi connectivity index (χ0n) is 14.9. The molecule has 9 heteroatoms. The third-order valence-corrected chi connectivity index (χ3v) is 4.69. The van der Waals surface area contributed by atoms with Crippen molar-refractivity contribution in [3.05, 3.63) is 45.5 Å². The van der Waals surface area contributed by atoms with E-state index in [2.05, 4.69) is 20.2 Å². The van der Waals surface area contributed by atoms with E-state index < -0.39 is 5.56 Å². The van der Waals surface area contributed by atoms with Crippen molar-refractivity contribution in [1.29, 1.82) is 0 Å². The molecule has 26 heavy (non-hydrogen) atoms. The summed E-state index contributed by atoms with van der Waals surface area (Å²) >= 11 is 0. The predicted octanol–water partition coefficient (Wildman–Crippen LogP) is 1.81. The Labute approximate surface area is 149 Å². The van der Waals surface area contributed by atoms with Crippen molar-refractivity contribution in [3.63, 3.8) is 0 Å². The zero-order chi connectivity index (χ0) is 18.4. The molecule has 0 aliphatic carbocycles. The number of fused-ring (bicyclic) bond motifs is 1. The maximum absolute atomic E-state index is 13.0. The Morgan fingerprint density at radius 1 is 1.42 bits per heavy atom. The van der Waals surface area contributed by atoms with Gasteiger partial charge in [0.2, 0.25) is 0 Å². The molecule has 1 aliphatic rings. The van der Waals surface area contributed by atoms with E-state index in [0.717, 1.165) is 24.3 Å². The Hall–Kier alpha value is -2.97. The number of aromatic amines is 1. The molecule has 1 fully saturated rings. The molecule has 1 N–H and O–H groups in total. The number of carbonyl (C=O) groups excluding carboxylic acids is 1. The van der Waals surface area contributed by atoms with Crippen molar-refractivity contribution in [1.82, 2.24) is 29.6 Å².